The van der Waals surface area contributed by atoms with E-state index >= 15 is 0 Å². The first-order valence-corrected chi connectivity index (χ1v) is 8.26. The monoisotopic (exact) mass is 346 g/mol. The molecular formula is C19H23ClN2O2. The first kappa shape index (κ1) is 18.1. The van der Waals surface area contributed by atoms with Crippen LogP contribution in [0.1, 0.15) is 26.3 Å². The highest BCUT2D eigenvalue weighted by atomic mass is 35.5. The minimum Gasteiger partial charge on any atom is -0.492 e. The summed E-state index contributed by atoms with van der Waals surface area (Å²) in [5, 5.41) is 6.10. The summed E-state index contributed by atoms with van der Waals surface area (Å²) in [6, 6.07) is 14.7. The van der Waals surface area contributed by atoms with E-state index < -0.39 is 0 Å². The number of halogens is 1. The zero-order valence-corrected chi connectivity index (χ0v) is 15.0. The zero-order valence-electron chi connectivity index (χ0n) is 14.2. The average Bonchev–Trinajstić information content (AvgIpc) is 2.53. The molecule has 2 amide bonds. The van der Waals surface area contributed by atoms with Crippen molar-refractivity contribution in [3.05, 3.63) is 59.1 Å². The molecule has 0 saturated heterocycles. The maximum atomic E-state index is 11.8. The van der Waals surface area contributed by atoms with Crippen LogP contribution in [-0.4, -0.2) is 19.2 Å². The molecule has 0 aliphatic heterocycles. The molecule has 0 aliphatic carbocycles. The van der Waals surface area contributed by atoms with Crippen LogP contribution in [0.5, 0.6) is 5.75 Å². The van der Waals surface area contributed by atoms with Gasteiger partial charge in [-0.2, -0.15) is 0 Å². The average molecular weight is 347 g/mol. The molecule has 0 aromatic heterocycles. The number of hydrogen-bond donors (Lipinski definition) is 2. The zero-order chi connectivity index (χ0) is 17.6. The Morgan fingerprint density at radius 2 is 1.67 bits per heavy atom. The van der Waals surface area contributed by atoms with Crippen molar-refractivity contribution < 1.29 is 9.53 Å². The summed E-state index contributed by atoms with van der Waals surface area (Å²) in [5.41, 5.74) is 2.07. The maximum absolute atomic E-state index is 11.8. The lowest BCUT2D eigenvalue weighted by Gasteiger charge is -2.19. The number of rotatable bonds is 5. The minimum absolute atomic E-state index is 0.125. The number of hydrogen-bond acceptors (Lipinski definition) is 2. The van der Waals surface area contributed by atoms with Gasteiger partial charge >= 0.3 is 6.03 Å². The van der Waals surface area contributed by atoms with Crippen LogP contribution < -0.4 is 15.4 Å². The van der Waals surface area contributed by atoms with Crippen molar-refractivity contribution >= 4 is 23.3 Å². The van der Waals surface area contributed by atoms with E-state index in [1.807, 2.05) is 12.1 Å². The summed E-state index contributed by atoms with van der Waals surface area (Å²) < 4.78 is 5.63. The first-order valence-electron chi connectivity index (χ1n) is 7.88. The topological polar surface area (TPSA) is 50.4 Å². The predicted molar refractivity (Wildman–Crippen MR) is 99.1 cm³/mol. The number of carbonyl (C=O) groups is 1. The minimum atomic E-state index is -0.274. The molecule has 0 heterocycles. The van der Waals surface area contributed by atoms with Crippen LogP contribution in [0, 0.1) is 0 Å². The second-order valence-corrected chi connectivity index (χ2v) is 6.95. The van der Waals surface area contributed by atoms with E-state index in [-0.39, 0.29) is 11.4 Å². The van der Waals surface area contributed by atoms with Gasteiger partial charge in [0.05, 0.1) is 6.54 Å². The highest BCUT2D eigenvalue weighted by Crippen LogP contribution is 2.24. The Kier molecular flexibility index (Phi) is 6.10. The van der Waals surface area contributed by atoms with Crippen LogP contribution in [0.2, 0.25) is 5.02 Å². The summed E-state index contributed by atoms with van der Waals surface area (Å²) in [6.07, 6.45) is 0. The van der Waals surface area contributed by atoms with Gasteiger partial charge in [-0.1, -0.05) is 44.5 Å². The maximum Gasteiger partial charge on any atom is 0.319 e. The van der Waals surface area contributed by atoms with Crippen LogP contribution in [0.3, 0.4) is 0 Å². The van der Waals surface area contributed by atoms with Crippen molar-refractivity contribution in [1.82, 2.24) is 5.32 Å². The molecule has 128 valence electrons. The molecule has 4 nitrogen and oxygen atoms in total. The molecular weight excluding hydrogens is 324 g/mol. The predicted octanol–water partition coefficient (Wildman–Crippen LogP) is 4.84. The lowest BCUT2D eigenvalue weighted by Crippen LogP contribution is -2.32. The van der Waals surface area contributed by atoms with E-state index in [1.54, 1.807) is 24.3 Å². The Morgan fingerprint density at radius 3 is 2.25 bits per heavy atom. The third-order valence-electron chi connectivity index (χ3n) is 3.48. The van der Waals surface area contributed by atoms with Crippen molar-refractivity contribution in [2.45, 2.75) is 26.2 Å². The van der Waals surface area contributed by atoms with E-state index in [2.05, 4.69) is 43.5 Å². The number of urea groups is 1. The number of benzene rings is 2. The van der Waals surface area contributed by atoms with Crippen molar-refractivity contribution in [3.8, 4) is 5.75 Å². The Balaban J connectivity index is 1.70. The van der Waals surface area contributed by atoms with E-state index in [1.165, 1.54) is 5.56 Å². The SMILES string of the molecule is CC(C)(C)c1ccc(OCCNC(=O)Nc2ccc(Cl)cc2)cc1. The van der Waals surface area contributed by atoms with Crippen molar-refractivity contribution in [2.24, 2.45) is 0 Å². The summed E-state index contributed by atoms with van der Waals surface area (Å²) in [7, 11) is 0. The highest BCUT2D eigenvalue weighted by molar-refractivity contribution is 6.30. The molecule has 0 atom stereocenters. The van der Waals surface area contributed by atoms with E-state index in [0.717, 1.165) is 5.75 Å². The molecule has 2 N–H and O–H groups in total. The quantitative estimate of drug-likeness (QED) is 0.761. The van der Waals surface area contributed by atoms with Crippen LogP contribution in [-0.2, 0) is 5.41 Å². The van der Waals surface area contributed by atoms with Gasteiger partial charge in [0.15, 0.2) is 0 Å². The van der Waals surface area contributed by atoms with Gasteiger partial charge in [0, 0.05) is 10.7 Å². The van der Waals surface area contributed by atoms with Crippen molar-refractivity contribution in [1.29, 1.82) is 0 Å². The molecule has 0 unspecified atom stereocenters. The molecule has 0 fully saturated rings. The fourth-order valence-corrected chi connectivity index (χ4v) is 2.22. The van der Waals surface area contributed by atoms with Crippen LogP contribution in [0.4, 0.5) is 10.5 Å². The third-order valence-corrected chi connectivity index (χ3v) is 3.73. The number of ether oxygens (including phenoxy) is 1. The molecule has 0 radical (unpaired) electrons. The molecule has 2 aromatic rings. The molecule has 5 heteroatoms. The Bertz CT molecular complexity index is 661. The molecule has 0 saturated carbocycles. The second-order valence-electron chi connectivity index (χ2n) is 6.51. The smallest absolute Gasteiger partial charge is 0.319 e. The van der Waals surface area contributed by atoms with Gasteiger partial charge in [0.25, 0.3) is 0 Å². The van der Waals surface area contributed by atoms with Crippen molar-refractivity contribution in [3.63, 3.8) is 0 Å². The molecule has 0 aliphatic rings. The van der Waals surface area contributed by atoms with Gasteiger partial charge in [-0.15, -0.1) is 0 Å². The molecule has 2 rings (SSSR count). The van der Waals surface area contributed by atoms with Gasteiger partial charge in [0.2, 0.25) is 0 Å². The van der Waals surface area contributed by atoms with Crippen LogP contribution in [0.15, 0.2) is 48.5 Å². The van der Waals surface area contributed by atoms with Gasteiger partial charge in [-0.05, 0) is 47.4 Å². The normalized spacial score (nSPS) is 11.0. The van der Waals surface area contributed by atoms with Crippen LogP contribution in [0.25, 0.3) is 0 Å². The summed E-state index contributed by atoms with van der Waals surface area (Å²) in [6.45, 7) is 7.34. The lowest BCUT2D eigenvalue weighted by molar-refractivity contribution is 0.247. The van der Waals surface area contributed by atoms with Gasteiger partial charge in [-0.25, -0.2) is 4.79 Å². The van der Waals surface area contributed by atoms with Crippen molar-refractivity contribution in [2.75, 3.05) is 18.5 Å². The fraction of sp³-hybridized carbons (Fsp3) is 0.316. The summed E-state index contributed by atoms with van der Waals surface area (Å²) in [5.74, 6) is 0.794. The largest absolute Gasteiger partial charge is 0.492 e. The highest BCUT2D eigenvalue weighted by Gasteiger charge is 2.12. The summed E-state index contributed by atoms with van der Waals surface area (Å²) >= 11 is 5.80. The fourth-order valence-electron chi connectivity index (χ4n) is 2.09. The Hall–Kier alpha value is -2.20. The van der Waals surface area contributed by atoms with Crippen LogP contribution >= 0.6 is 11.6 Å². The van der Waals surface area contributed by atoms with Gasteiger partial charge in [-0.3, -0.25) is 0 Å². The third kappa shape index (κ3) is 5.78. The first-order chi connectivity index (χ1) is 11.3. The van der Waals surface area contributed by atoms with E-state index in [0.29, 0.717) is 23.9 Å². The number of amides is 2. The second kappa shape index (κ2) is 8.06. The standard InChI is InChI=1S/C19H23ClN2O2/c1-19(2,3)14-4-10-17(11-5-14)24-13-12-21-18(23)22-16-8-6-15(20)7-9-16/h4-11H,12-13H2,1-3H3,(H2,21,22,23). The van der Waals surface area contributed by atoms with E-state index in [4.69, 9.17) is 16.3 Å². The molecule has 0 bridgehead atoms. The molecule has 0 spiro atoms. The number of carbonyl (C=O) groups excluding carboxylic acids is 1. The van der Waals surface area contributed by atoms with Gasteiger partial charge in [0.1, 0.15) is 12.4 Å². The van der Waals surface area contributed by atoms with E-state index in [9.17, 15) is 4.79 Å². The number of nitrogens with one attached hydrogen (secondary N) is 2. The molecule has 2 aromatic carbocycles. The lowest BCUT2D eigenvalue weighted by atomic mass is 9.87. The van der Waals surface area contributed by atoms with Gasteiger partial charge < -0.3 is 15.4 Å². The molecule has 24 heavy (non-hydrogen) atoms. The Morgan fingerprint density at radius 1 is 1.04 bits per heavy atom. The summed E-state index contributed by atoms with van der Waals surface area (Å²) in [4.78, 5) is 11.8. The number of anilines is 1. The Labute approximate surface area is 148 Å².